The number of hydrogen-bond acceptors (Lipinski definition) is 3. The molecular weight excluding hydrogens is 582 g/mol. The van der Waals surface area contributed by atoms with E-state index in [-0.39, 0.29) is 21.4 Å². The molecule has 2 aliphatic rings. The largest absolute Gasteiger partial charge is 0.488 e. The quantitative estimate of drug-likeness (QED) is 0.100. The summed E-state index contributed by atoms with van der Waals surface area (Å²) in [5.41, 5.74) is 10.4. The van der Waals surface area contributed by atoms with E-state index in [1.54, 1.807) is 12.1 Å². The standard InChI is InChI=1S/C41H43N3O3/c1-7-42-35-15-11-9-13-33(35)40(3,4)38(42)25-20-29-19-24-37(47-28-30-17-22-32(23-18-30)44(45)46)31(27-29)21-26-39-41(5,6)34-14-10-12-16-36(34)43(39)8-2/h9-27H,7-8,28H2,1-6H3/q+2/b25-20+,26-21+. The zero-order valence-corrected chi connectivity index (χ0v) is 28.2. The summed E-state index contributed by atoms with van der Waals surface area (Å²) in [6, 6.07) is 30.1. The third kappa shape index (κ3) is 5.85. The number of ether oxygens (including phenoxy) is 1. The molecule has 2 aliphatic heterocycles. The molecule has 0 N–H and O–H groups in total. The molecule has 0 saturated heterocycles. The lowest BCUT2D eigenvalue weighted by Crippen LogP contribution is -2.27. The van der Waals surface area contributed by atoms with E-state index in [4.69, 9.17) is 4.74 Å². The van der Waals surface area contributed by atoms with Crippen LogP contribution in [0.15, 0.2) is 103 Å². The van der Waals surface area contributed by atoms with Crippen molar-refractivity contribution in [2.45, 2.75) is 59.0 Å². The lowest BCUT2D eigenvalue weighted by Gasteiger charge is -2.16. The Morgan fingerprint density at radius 2 is 1.23 bits per heavy atom. The number of allylic oxidation sites excluding steroid dienone is 2. The number of nitro benzene ring substituents is 1. The fourth-order valence-corrected chi connectivity index (χ4v) is 7.11. The first-order valence-electron chi connectivity index (χ1n) is 16.4. The maximum atomic E-state index is 11.1. The van der Waals surface area contributed by atoms with E-state index in [1.165, 1.54) is 46.1 Å². The van der Waals surface area contributed by atoms with Crippen molar-refractivity contribution in [3.63, 3.8) is 0 Å². The van der Waals surface area contributed by atoms with E-state index < -0.39 is 0 Å². The van der Waals surface area contributed by atoms with Gasteiger partial charge in [0.1, 0.15) is 25.4 Å². The first-order chi connectivity index (χ1) is 22.6. The van der Waals surface area contributed by atoms with E-state index >= 15 is 0 Å². The second-order valence-corrected chi connectivity index (χ2v) is 13.2. The highest BCUT2D eigenvalue weighted by Gasteiger charge is 2.44. The third-order valence-corrected chi connectivity index (χ3v) is 9.66. The molecule has 238 valence electrons. The van der Waals surface area contributed by atoms with Crippen LogP contribution in [0.4, 0.5) is 17.1 Å². The summed E-state index contributed by atoms with van der Waals surface area (Å²) in [5.74, 6) is 0.755. The number of rotatable bonds is 10. The minimum Gasteiger partial charge on any atom is -0.488 e. The van der Waals surface area contributed by atoms with Gasteiger partial charge in [0, 0.05) is 53.1 Å². The average Bonchev–Trinajstić information content (AvgIpc) is 3.43. The predicted octanol–water partition coefficient (Wildman–Crippen LogP) is 9.39. The second-order valence-electron chi connectivity index (χ2n) is 13.2. The van der Waals surface area contributed by atoms with Crippen molar-refractivity contribution >= 4 is 40.6 Å². The van der Waals surface area contributed by atoms with E-state index in [9.17, 15) is 10.1 Å². The van der Waals surface area contributed by atoms with Crippen LogP contribution in [-0.2, 0) is 17.4 Å². The van der Waals surface area contributed by atoms with Crippen molar-refractivity contribution in [3.8, 4) is 5.75 Å². The van der Waals surface area contributed by atoms with Crippen LogP contribution in [0.1, 0.15) is 69.4 Å². The highest BCUT2D eigenvalue weighted by molar-refractivity contribution is 6.06. The van der Waals surface area contributed by atoms with Gasteiger partial charge in [0.15, 0.2) is 11.4 Å². The van der Waals surface area contributed by atoms with Crippen LogP contribution in [0.2, 0.25) is 0 Å². The summed E-state index contributed by atoms with van der Waals surface area (Å²) in [6.07, 6.45) is 8.85. The maximum Gasteiger partial charge on any atom is 0.269 e. The van der Waals surface area contributed by atoms with E-state index in [0.717, 1.165) is 35.5 Å². The van der Waals surface area contributed by atoms with Gasteiger partial charge < -0.3 is 4.74 Å². The highest BCUT2D eigenvalue weighted by atomic mass is 16.6. The van der Waals surface area contributed by atoms with Crippen LogP contribution in [-0.4, -0.2) is 38.6 Å². The first-order valence-corrected chi connectivity index (χ1v) is 16.4. The van der Waals surface area contributed by atoms with Crippen LogP contribution in [0.3, 0.4) is 0 Å². The number of nitrogens with zero attached hydrogens (tertiary/aromatic N) is 3. The fraction of sp³-hybridized carbons (Fsp3) is 0.268. The molecule has 6 nitrogen and oxygen atoms in total. The maximum absolute atomic E-state index is 11.1. The van der Waals surface area contributed by atoms with Crippen LogP contribution < -0.4 is 4.74 Å². The zero-order chi connectivity index (χ0) is 33.3. The third-order valence-electron chi connectivity index (χ3n) is 9.66. The van der Waals surface area contributed by atoms with Gasteiger partial charge in [-0.15, -0.1) is 0 Å². The van der Waals surface area contributed by atoms with Crippen molar-refractivity contribution in [2.75, 3.05) is 13.1 Å². The molecule has 6 heteroatoms. The Bertz CT molecular complexity index is 1980. The molecule has 2 heterocycles. The molecule has 0 unspecified atom stereocenters. The lowest BCUT2D eigenvalue weighted by atomic mass is 9.81. The monoisotopic (exact) mass is 625 g/mol. The molecule has 0 atom stereocenters. The van der Waals surface area contributed by atoms with Crippen molar-refractivity contribution in [1.29, 1.82) is 0 Å². The summed E-state index contributed by atoms with van der Waals surface area (Å²) in [4.78, 5) is 10.7. The minimum atomic E-state index is -0.386. The van der Waals surface area contributed by atoms with E-state index in [1.807, 2.05) is 6.07 Å². The Labute approximate surface area is 277 Å². The Kier molecular flexibility index (Phi) is 8.54. The Balaban J connectivity index is 1.36. The number of nitro groups is 1. The van der Waals surface area contributed by atoms with E-state index in [0.29, 0.717) is 6.61 Å². The lowest BCUT2D eigenvalue weighted by molar-refractivity contribution is -0.433. The number of benzene rings is 4. The molecule has 0 aliphatic carbocycles. The molecular formula is C41H43N3O3+2. The minimum absolute atomic E-state index is 0.0687. The molecule has 0 amide bonds. The molecule has 0 bridgehead atoms. The molecule has 0 saturated carbocycles. The molecule has 0 radical (unpaired) electrons. The van der Waals surface area contributed by atoms with Crippen molar-refractivity contribution in [2.24, 2.45) is 0 Å². The highest BCUT2D eigenvalue weighted by Crippen LogP contribution is 2.41. The Morgan fingerprint density at radius 1 is 0.702 bits per heavy atom. The normalized spacial score (nSPS) is 16.3. The number of fused-ring (bicyclic) bond motifs is 2. The van der Waals surface area contributed by atoms with Crippen LogP contribution in [0.5, 0.6) is 5.75 Å². The molecule has 47 heavy (non-hydrogen) atoms. The van der Waals surface area contributed by atoms with Gasteiger partial charge in [-0.2, -0.15) is 9.15 Å². The van der Waals surface area contributed by atoms with Crippen molar-refractivity contribution in [3.05, 3.63) is 141 Å². The van der Waals surface area contributed by atoms with Gasteiger partial charge in [-0.1, -0.05) is 42.5 Å². The fourth-order valence-electron chi connectivity index (χ4n) is 7.11. The summed E-state index contributed by atoms with van der Waals surface area (Å²) in [6.45, 7) is 15.6. The number of non-ortho nitro benzene ring substituents is 1. The van der Waals surface area contributed by atoms with Crippen molar-refractivity contribution in [1.82, 2.24) is 0 Å². The molecule has 0 fully saturated rings. The smallest absolute Gasteiger partial charge is 0.269 e. The summed E-state index contributed by atoms with van der Waals surface area (Å²) in [7, 11) is 0. The molecule has 6 rings (SSSR count). The molecule has 4 aromatic carbocycles. The molecule has 0 spiro atoms. The van der Waals surface area contributed by atoms with Gasteiger partial charge in [0.05, 0.1) is 15.8 Å². The summed E-state index contributed by atoms with van der Waals surface area (Å²) in [5, 5.41) is 11.1. The SMILES string of the molecule is CC[N+]1=C(/C=C/c2ccc(OCc3ccc([N+](=O)[O-])cc3)c(/C=C/C3=[N+](CC)c4ccccc4C3(C)C)c2)C(C)(C)c2ccccc21. The molecule has 4 aromatic rings. The van der Waals surface area contributed by atoms with Gasteiger partial charge in [-0.3, -0.25) is 10.1 Å². The van der Waals surface area contributed by atoms with Gasteiger partial charge in [0.25, 0.3) is 5.69 Å². The van der Waals surface area contributed by atoms with Crippen LogP contribution in [0.25, 0.3) is 12.2 Å². The Hall–Kier alpha value is -5.10. The van der Waals surface area contributed by atoms with Crippen molar-refractivity contribution < 1.29 is 18.8 Å². The van der Waals surface area contributed by atoms with Crippen LogP contribution >= 0.6 is 0 Å². The topological polar surface area (TPSA) is 58.4 Å². The number of para-hydroxylation sites is 2. The van der Waals surface area contributed by atoms with Gasteiger partial charge in [-0.05, 0) is 89.1 Å². The zero-order valence-electron chi connectivity index (χ0n) is 28.2. The summed E-state index contributed by atoms with van der Waals surface area (Å²) >= 11 is 0. The Morgan fingerprint density at radius 3 is 1.77 bits per heavy atom. The first kappa shape index (κ1) is 31.9. The van der Waals surface area contributed by atoms with Crippen LogP contribution in [0, 0.1) is 10.1 Å². The second kappa shape index (κ2) is 12.6. The summed E-state index contributed by atoms with van der Waals surface area (Å²) < 4.78 is 11.2. The van der Waals surface area contributed by atoms with Gasteiger partial charge >= 0.3 is 0 Å². The predicted molar refractivity (Wildman–Crippen MR) is 192 cm³/mol. The van der Waals surface area contributed by atoms with Gasteiger partial charge in [0.2, 0.25) is 11.4 Å². The average molecular weight is 626 g/mol. The van der Waals surface area contributed by atoms with E-state index in [2.05, 4.69) is 136 Å². The van der Waals surface area contributed by atoms with Gasteiger partial charge in [-0.25, -0.2) is 0 Å². The number of hydrogen-bond donors (Lipinski definition) is 0. The molecule has 0 aromatic heterocycles.